The molecule has 1 aromatic heterocycles. The van der Waals surface area contributed by atoms with Crippen LogP contribution in [0.4, 0.5) is 13.2 Å². The molecule has 0 radical (unpaired) electrons. The van der Waals surface area contributed by atoms with Gasteiger partial charge >= 0.3 is 6.18 Å². The van der Waals surface area contributed by atoms with E-state index < -0.39 is 30.3 Å². The summed E-state index contributed by atoms with van der Waals surface area (Å²) in [5, 5.41) is 27.1. The second-order valence-corrected chi connectivity index (χ2v) is 5.15. The Morgan fingerprint density at radius 2 is 2.08 bits per heavy atom. The molecule has 1 heterocycles. The summed E-state index contributed by atoms with van der Waals surface area (Å²) in [5.74, 6) is -0.956. The molecular formula is C15H15F3N4O2. The second kappa shape index (κ2) is 7.20. The number of amides is 1. The fourth-order valence-corrected chi connectivity index (χ4v) is 1.93. The number of carbonyl (C=O) groups excluding carboxylic acids is 1. The summed E-state index contributed by atoms with van der Waals surface area (Å²) >= 11 is 0. The van der Waals surface area contributed by atoms with E-state index in [1.165, 1.54) is 12.1 Å². The molecule has 0 aromatic carbocycles. The molecule has 1 unspecified atom stereocenters. The number of hydrogen-bond donors (Lipinski definition) is 1. The van der Waals surface area contributed by atoms with E-state index in [0.29, 0.717) is 21.9 Å². The third kappa shape index (κ3) is 4.15. The van der Waals surface area contributed by atoms with Crippen LogP contribution in [0.2, 0.25) is 0 Å². The smallest absolute Gasteiger partial charge is 0.382 e. The van der Waals surface area contributed by atoms with Crippen LogP contribution in [-0.2, 0) is 11.8 Å². The Hall–Kier alpha value is -2.78. The molecule has 0 aliphatic carbocycles. The molecule has 128 valence electrons. The molecule has 0 spiro atoms. The van der Waals surface area contributed by atoms with Gasteiger partial charge in [0.15, 0.2) is 6.10 Å². The molecule has 0 saturated heterocycles. The highest BCUT2D eigenvalue weighted by Crippen LogP contribution is 2.21. The van der Waals surface area contributed by atoms with Gasteiger partial charge in [0.2, 0.25) is 0 Å². The van der Waals surface area contributed by atoms with Crippen molar-refractivity contribution in [3.05, 3.63) is 28.6 Å². The lowest BCUT2D eigenvalue weighted by Crippen LogP contribution is -2.42. The molecule has 0 fully saturated rings. The summed E-state index contributed by atoms with van der Waals surface area (Å²) in [6.45, 7) is 0.682. The van der Waals surface area contributed by atoms with Crippen molar-refractivity contribution in [2.45, 2.75) is 19.2 Å². The minimum Gasteiger partial charge on any atom is -0.382 e. The van der Waals surface area contributed by atoms with Gasteiger partial charge in [0.1, 0.15) is 23.4 Å². The zero-order chi connectivity index (χ0) is 18.7. The first-order valence-corrected chi connectivity index (χ1v) is 6.71. The third-order valence-corrected chi connectivity index (χ3v) is 3.51. The number of hydrogen-bond acceptors (Lipinski definition) is 4. The predicted molar refractivity (Wildman–Crippen MR) is 78.2 cm³/mol. The Balaban J connectivity index is 3.08. The van der Waals surface area contributed by atoms with E-state index in [-0.39, 0.29) is 0 Å². The van der Waals surface area contributed by atoms with Crippen LogP contribution in [0, 0.1) is 29.6 Å². The number of nitriles is 2. The Kier molecular flexibility index (Phi) is 5.78. The molecule has 24 heavy (non-hydrogen) atoms. The van der Waals surface area contributed by atoms with Crippen LogP contribution in [0.3, 0.4) is 0 Å². The lowest BCUT2D eigenvalue weighted by Gasteiger charge is -2.22. The summed E-state index contributed by atoms with van der Waals surface area (Å²) in [6.07, 6.45) is -6.35. The first kappa shape index (κ1) is 19.3. The van der Waals surface area contributed by atoms with E-state index in [2.05, 4.69) is 0 Å². The van der Waals surface area contributed by atoms with Crippen LogP contribution in [0.25, 0.3) is 6.08 Å². The maximum absolute atomic E-state index is 12.3. The first-order valence-electron chi connectivity index (χ1n) is 6.71. The largest absolute Gasteiger partial charge is 0.416 e. The maximum atomic E-state index is 12.3. The molecule has 1 rings (SSSR count). The zero-order valence-corrected chi connectivity index (χ0v) is 13.2. The van der Waals surface area contributed by atoms with Gasteiger partial charge in [-0.2, -0.15) is 23.7 Å². The topological polar surface area (TPSA) is 93.1 Å². The van der Waals surface area contributed by atoms with E-state index >= 15 is 0 Å². The van der Waals surface area contributed by atoms with Gasteiger partial charge in [0.25, 0.3) is 5.91 Å². The Labute approximate surface area is 136 Å². The number of halogens is 3. The Morgan fingerprint density at radius 1 is 1.50 bits per heavy atom. The number of aliphatic hydroxyl groups is 1. The highest BCUT2D eigenvalue weighted by molar-refractivity contribution is 6.01. The Morgan fingerprint density at radius 3 is 2.50 bits per heavy atom. The van der Waals surface area contributed by atoms with Gasteiger partial charge in [0.05, 0.1) is 6.54 Å². The number of rotatable bonds is 4. The van der Waals surface area contributed by atoms with Crippen molar-refractivity contribution in [1.29, 1.82) is 10.5 Å². The fourth-order valence-electron chi connectivity index (χ4n) is 1.93. The summed E-state index contributed by atoms with van der Waals surface area (Å²) in [6, 6.07) is 5.03. The van der Waals surface area contributed by atoms with Crippen molar-refractivity contribution in [2.75, 3.05) is 13.6 Å². The van der Waals surface area contributed by atoms with Crippen LogP contribution in [-0.4, -0.2) is 46.4 Å². The molecule has 0 bridgehead atoms. The number of aromatic nitrogens is 1. The highest BCUT2D eigenvalue weighted by atomic mass is 19.4. The van der Waals surface area contributed by atoms with Crippen LogP contribution < -0.4 is 0 Å². The van der Waals surface area contributed by atoms with Crippen LogP contribution in [0.5, 0.6) is 0 Å². The highest BCUT2D eigenvalue weighted by Gasteiger charge is 2.39. The van der Waals surface area contributed by atoms with Crippen LogP contribution in [0.15, 0.2) is 11.6 Å². The summed E-state index contributed by atoms with van der Waals surface area (Å²) in [7, 11) is 2.69. The van der Waals surface area contributed by atoms with E-state index in [0.717, 1.165) is 7.05 Å². The van der Waals surface area contributed by atoms with Gasteiger partial charge in [-0.15, -0.1) is 0 Å². The molecular weight excluding hydrogens is 325 g/mol. The minimum absolute atomic E-state index is 0.310. The molecule has 1 aromatic rings. The average molecular weight is 340 g/mol. The molecule has 1 amide bonds. The fraction of sp³-hybridized carbons (Fsp3) is 0.400. The predicted octanol–water partition coefficient (Wildman–Crippen LogP) is 1.49. The Bertz CT molecular complexity index is 750. The second-order valence-electron chi connectivity index (χ2n) is 5.15. The quantitative estimate of drug-likeness (QED) is 0.664. The van der Waals surface area contributed by atoms with E-state index in [1.807, 2.05) is 6.07 Å². The van der Waals surface area contributed by atoms with Crippen molar-refractivity contribution in [3.63, 3.8) is 0 Å². The van der Waals surface area contributed by atoms with Crippen LogP contribution in [0.1, 0.15) is 17.0 Å². The van der Waals surface area contributed by atoms with Gasteiger partial charge in [0, 0.05) is 19.8 Å². The number of likely N-dealkylation sites (N-methyl/N-ethyl adjacent to an activating group) is 1. The molecule has 9 heteroatoms. The number of aliphatic hydroxyl groups excluding tert-OH is 1. The van der Waals surface area contributed by atoms with Gasteiger partial charge in [-0.3, -0.25) is 4.79 Å². The van der Waals surface area contributed by atoms with Gasteiger partial charge < -0.3 is 14.6 Å². The first-order chi connectivity index (χ1) is 11.0. The molecule has 1 N–H and O–H groups in total. The number of alkyl halides is 3. The minimum atomic E-state index is -4.86. The summed E-state index contributed by atoms with van der Waals surface area (Å²) in [4.78, 5) is 12.7. The SMILES string of the molecule is Cc1c(/C=C(\C#N)C(=O)N(C)CC(O)C(F)(F)F)cc(C#N)n1C. The molecule has 0 aliphatic heterocycles. The van der Waals surface area contributed by atoms with E-state index in [1.54, 1.807) is 24.6 Å². The normalized spacial score (nSPS) is 13.1. The van der Waals surface area contributed by atoms with Crippen molar-refractivity contribution in [2.24, 2.45) is 7.05 Å². The summed E-state index contributed by atoms with van der Waals surface area (Å²) < 4.78 is 38.6. The third-order valence-electron chi connectivity index (χ3n) is 3.51. The van der Waals surface area contributed by atoms with Crippen LogP contribution >= 0.6 is 0 Å². The average Bonchev–Trinajstić information content (AvgIpc) is 2.78. The lowest BCUT2D eigenvalue weighted by atomic mass is 10.1. The monoisotopic (exact) mass is 340 g/mol. The van der Waals surface area contributed by atoms with Gasteiger partial charge in [-0.25, -0.2) is 0 Å². The zero-order valence-electron chi connectivity index (χ0n) is 13.2. The van der Waals surface area contributed by atoms with E-state index in [9.17, 15) is 18.0 Å². The van der Waals surface area contributed by atoms with Crippen molar-refractivity contribution >= 4 is 12.0 Å². The molecule has 0 aliphatic rings. The van der Waals surface area contributed by atoms with Gasteiger partial charge in [-0.05, 0) is 24.6 Å². The number of carbonyl (C=O) groups is 1. The lowest BCUT2D eigenvalue weighted by molar-refractivity contribution is -0.207. The van der Waals surface area contributed by atoms with Crippen molar-refractivity contribution in [1.82, 2.24) is 9.47 Å². The van der Waals surface area contributed by atoms with Gasteiger partial charge in [-0.1, -0.05) is 0 Å². The van der Waals surface area contributed by atoms with Crippen molar-refractivity contribution < 1.29 is 23.1 Å². The molecule has 1 atom stereocenters. The molecule has 0 saturated carbocycles. The van der Waals surface area contributed by atoms with Crippen molar-refractivity contribution in [3.8, 4) is 12.1 Å². The standard InChI is InChI=1S/C15H15F3N4O2/c1-9-10(5-12(7-20)22(9)3)4-11(6-19)14(24)21(2)8-13(23)15(16,17)18/h4-5,13,23H,8H2,1-3H3/b11-4+. The molecule has 6 nitrogen and oxygen atoms in total. The van der Waals surface area contributed by atoms with E-state index in [4.69, 9.17) is 15.6 Å². The summed E-state index contributed by atoms with van der Waals surface area (Å²) in [5.41, 5.74) is 0.961. The number of nitrogens with zero attached hydrogens (tertiary/aromatic N) is 4. The maximum Gasteiger partial charge on any atom is 0.416 e.